The minimum absolute atomic E-state index is 0.215. The maximum atomic E-state index is 12.1. The predicted octanol–water partition coefficient (Wildman–Crippen LogP) is 1.86. The van der Waals surface area contributed by atoms with Crippen LogP contribution in [0.5, 0.6) is 11.5 Å². The van der Waals surface area contributed by atoms with E-state index in [4.69, 9.17) is 9.47 Å². The van der Waals surface area contributed by atoms with E-state index in [0.29, 0.717) is 5.75 Å². The summed E-state index contributed by atoms with van der Waals surface area (Å²) in [5.41, 5.74) is -4.08. The number of methoxy groups -OCH3 is 2. The molecule has 0 aliphatic heterocycles. The van der Waals surface area contributed by atoms with E-state index in [2.05, 4.69) is 0 Å². The number of benzene rings is 1. The summed E-state index contributed by atoms with van der Waals surface area (Å²) < 4.78 is 10.4. The molecule has 0 heterocycles. The molecule has 0 fully saturated rings. The quantitative estimate of drug-likeness (QED) is 0.603. The number of ether oxygens (including phenoxy) is 2. The molecule has 3 N–H and O–H groups in total. The number of hydrogen-bond acceptors (Lipinski definition) is 5. The standard InChI is InChI=1S/C17H22O8/c1-9(13(18)19)17(14(20)21,15(22)23)16(2,3)11-8-10(24-4)6-7-12(11)25-5/h6-9H,1-5H3,(H,18,19)(H,20,21)(H,22,23). The second-order valence-electron chi connectivity index (χ2n) is 6.17. The second kappa shape index (κ2) is 7.00. The maximum absolute atomic E-state index is 12.1. The molecule has 0 aromatic heterocycles. The zero-order valence-electron chi connectivity index (χ0n) is 14.7. The Hall–Kier alpha value is -2.77. The Morgan fingerprint density at radius 1 is 1.00 bits per heavy atom. The summed E-state index contributed by atoms with van der Waals surface area (Å²) >= 11 is 0. The monoisotopic (exact) mass is 354 g/mol. The van der Waals surface area contributed by atoms with Crippen LogP contribution >= 0.6 is 0 Å². The van der Waals surface area contributed by atoms with Gasteiger partial charge in [-0.3, -0.25) is 14.4 Å². The van der Waals surface area contributed by atoms with Crippen molar-refractivity contribution in [1.82, 2.24) is 0 Å². The molecule has 0 saturated heterocycles. The third-order valence-corrected chi connectivity index (χ3v) is 4.76. The van der Waals surface area contributed by atoms with Crippen LogP contribution in [-0.2, 0) is 19.8 Å². The minimum atomic E-state index is -2.64. The lowest BCUT2D eigenvalue weighted by molar-refractivity contribution is -0.181. The fraction of sp³-hybridized carbons (Fsp3) is 0.471. The Balaban J connectivity index is 3.88. The highest BCUT2D eigenvalue weighted by Crippen LogP contribution is 2.51. The first kappa shape index (κ1) is 20.3. The molecule has 1 aromatic carbocycles. The molecule has 8 heteroatoms. The number of rotatable bonds is 8. The number of carboxylic acids is 3. The van der Waals surface area contributed by atoms with Crippen LogP contribution < -0.4 is 9.47 Å². The van der Waals surface area contributed by atoms with Gasteiger partial charge in [0, 0.05) is 11.0 Å². The molecule has 0 bridgehead atoms. The van der Waals surface area contributed by atoms with Crippen LogP contribution in [0, 0.1) is 11.3 Å². The highest BCUT2D eigenvalue weighted by Gasteiger charge is 2.64. The van der Waals surface area contributed by atoms with E-state index in [1.54, 1.807) is 6.07 Å². The molecule has 1 rings (SSSR count). The molecular formula is C17H22O8. The molecule has 1 unspecified atom stereocenters. The first-order chi connectivity index (χ1) is 11.5. The van der Waals surface area contributed by atoms with Gasteiger partial charge in [0.2, 0.25) is 0 Å². The lowest BCUT2D eigenvalue weighted by Crippen LogP contribution is -2.59. The average molecular weight is 354 g/mol. The Kier molecular flexibility index (Phi) is 5.68. The maximum Gasteiger partial charge on any atom is 0.322 e. The largest absolute Gasteiger partial charge is 0.497 e. The summed E-state index contributed by atoms with van der Waals surface area (Å²) in [6.45, 7) is 3.80. The van der Waals surface area contributed by atoms with E-state index in [1.165, 1.54) is 40.2 Å². The van der Waals surface area contributed by atoms with Gasteiger partial charge in [0.1, 0.15) is 11.5 Å². The fourth-order valence-electron chi connectivity index (χ4n) is 3.24. The summed E-state index contributed by atoms with van der Waals surface area (Å²) in [6.07, 6.45) is 0. The van der Waals surface area contributed by atoms with Crippen LogP contribution in [0.4, 0.5) is 0 Å². The molecule has 0 spiro atoms. The van der Waals surface area contributed by atoms with E-state index in [0.717, 1.165) is 6.92 Å². The third kappa shape index (κ3) is 2.99. The van der Waals surface area contributed by atoms with Crippen LogP contribution in [0.15, 0.2) is 18.2 Å². The van der Waals surface area contributed by atoms with Gasteiger partial charge in [0.15, 0.2) is 5.41 Å². The molecule has 0 radical (unpaired) electrons. The van der Waals surface area contributed by atoms with Gasteiger partial charge in [-0.1, -0.05) is 20.8 Å². The van der Waals surface area contributed by atoms with Crippen LogP contribution in [0.1, 0.15) is 26.3 Å². The van der Waals surface area contributed by atoms with E-state index in [1.807, 2.05) is 0 Å². The molecular weight excluding hydrogens is 332 g/mol. The zero-order chi connectivity index (χ0) is 19.6. The van der Waals surface area contributed by atoms with Crippen LogP contribution in [-0.4, -0.2) is 47.4 Å². The number of aliphatic carboxylic acids is 3. The Labute approximate surface area is 145 Å². The average Bonchev–Trinajstić information content (AvgIpc) is 2.53. The minimum Gasteiger partial charge on any atom is -0.497 e. The van der Waals surface area contributed by atoms with Gasteiger partial charge in [0.05, 0.1) is 20.1 Å². The molecule has 0 saturated carbocycles. The van der Waals surface area contributed by atoms with Gasteiger partial charge in [-0.25, -0.2) is 0 Å². The Morgan fingerprint density at radius 2 is 1.52 bits per heavy atom. The number of carbonyl (C=O) groups is 3. The van der Waals surface area contributed by atoms with Gasteiger partial charge in [-0.2, -0.15) is 0 Å². The van der Waals surface area contributed by atoms with Crippen molar-refractivity contribution in [1.29, 1.82) is 0 Å². The Morgan fingerprint density at radius 3 is 1.88 bits per heavy atom. The van der Waals surface area contributed by atoms with E-state index < -0.39 is 34.7 Å². The SMILES string of the molecule is COc1ccc(OC)c(C(C)(C)C(C(=O)O)(C(=O)O)C(C)C(=O)O)c1. The summed E-state index contributed by atoms with van der Waals surface area (Å²) in [7, 11) is 2.76. The molecule has 8 nitrogen and oxygen atoms in total. The van der Waals surface area contributed by atoms with Gasteiger partial charge in [0.25, 0.3) is 0 Å². The van der Waals surface area contributed by atoms with Crippen LogP contribution in [0.3, 0.4) is 0 Å². The van der Waals surface area contributed by atoms with Crippen molar-refractivity contribution >= 4 is 17.9 Å². The lowest BCUT2D eigenvalue weighted by atomic mass is 9.56. The molecule has 0 aliphatic rings. The normalized spacial score (nSPS) is 13.0. The van der Waals surface area contributed by atoms with Crippen molar-refractivity contribution in [3.8, 4) is 11.5 Å². The first-order valence-electron chi connectivity index (χ1n) is 7.40. The van der Waals surface area contributed by atoms with Crippen molar-refractivity contribution in [3.63, 3.8) is 0 Å². The van der Waals surface area contributed by atoms with Crippen LogP contribution in [0.25, 0.3) is 0 Å². The molecule has 25 heavy (non-hydrogen) atoms. The van der Waals surface area contributed by atoms with E-state index in [-0.39, 0.29) is 11.3 Å². The van der Waals surface area contributed by atoms with Crippen molar-refractivity contribution in [2.75, 3.05) is 14.2 Å². The summed E-state index contributed by atoms with van der Waals surface area (Å²) in [5.74, 6) is -6.14. The molecule has 1 aromatic rings. The van der Waals surface area contributed by atoms with Gasteiger partial charge in [-0.15, -0.1) is 0 Å². The fourth-order valence-corrected chi connectivity index (χ4v) is 3.24. The van der Waals surface area contributed by atoms with Crippen molar-refractivity contribution in [3.05, 3.63) is 23.8 Å². The van der Waals surface area contributed by atoms with Crippen molar-refractivity contribution in [2.45, 2.75) is 26.2 Å². The Bertz CT molecular complexity index is 678. The first-order valence-corrected chi connectivity index (χ1v) is 7.40. The molecule has 1 atom stereocenters. The lowest BCUT2D eigenvalue weighted by Gasteiger charge is -2.43. The highest BCUT2D eigenvalue weighted by atomic mass is 16.5. The van der Waals surface area contributed by atoms with Crippen molar-refractivity contribution < 1.29 is 39.2 Å². The summed E-state index contributed by atoms with van der Waals surface area (Å²) in [5, 5.41) is 28.9. The number of carboxylic acid groups (broad SMARTS) is 3. The van der Waals surface area contributed by atoms with Gasteiger partial charge < -0.3 is 24.8 Å². The summed E-state index contributed by atoms with van der Waals surface area (Å²) in [6, 6.07) is 4.53. The van der Waals surface area contributed by atoms with Gasteiger partial charge in [-0.05, 0) is 18.2 Å². The smallest absolute Gasteiger partial charge is 0.322 e. The molecule has 0 aliphatic carbocycles. The van der Waals surface area contributed by atoms with Gasteiger partial charge >= 0.3 is 17.9 Å². The van der Waals surface area contributed by atoms with Crippen molar-refractivity contribution in [2.24, 2.45) is 11.3 Å². The predicted molar refractivity (Wildman–Crippen MR) is 87.1 cm³/mol. The zero-order valence-corrected chi connectivity index (χ0v) is 14.7. The topological polar surface area (TPSA) is 130 Å². The molecule has 138 valence electrons. The third-order valence-electron chi connectivity index (χ3n) is 4.76. The van der Waals surface area contributed by atoms with Crippen LogP contribution in [0.2, 0.25) is 0 Å². The number of hydrogen-bond donors (Lipinski definition) is 3. The van der Waals surface area contributed by atoms with E-state index in [9.17, 15) is 29.7 Å². The van der Waals surface area contributed by atoms with E-state index >= 15 is 0 Å². The summed E-state index contributed by atoms with van der Waals surface area (Å²) in [4.78, 5) is 35.7. The second-order valence-corrected chi connectivity index (χ2v) is 6.17. The highest BCUT2D eigenvalue weighted by molar-refractivity contribution is 6.04. The molecule has 0 amide bonds.